The first-order valence-electron chi connectivity index (χ1n) is 10.5. The van der Waals surface area contributed by atoms with Crippen molar-refractivity contribution in [3.63, 3.8) is 0 Å². The molecule has 0 radical (unpaired) electrons. The van der Waals surface area contributed by atoms with Gasteiger partial charge in [0.05, 0.1) is 31.0 Å². The Morgan fingerprint density at radius 1 is 1.34 bits per heavy atom. The van der Waals surface area contributed by atoms with E-state index in [-0.39, 0.29) is 48.3 Å². The monoisotopic (exact) mass is 470 g/mol. The molecule has 1 aromatic carbocycles. The van der Waals surface area contributed by atoms with Crippen molar-refractivity contribution in [2.45, 2.75) is 45.9 Å². The van der Waals surface area contributed by atoms with E-state index in [1.165, 1.54) is 17.0 Å². The van der Waals surface area contributed by atoms with Gasteiger partial charge in [-0.25, -0.2) is 13.2 Å². The number of ether oxygens (including phenoxy) is 1. The number of fused-ring (bicyclic) bond motifs is 1. The Morgan fingerprint density at radius 3 is 2.56 bits per heavy atom. The summed E-state index contributed by atoms with van der Waals surface area (Å²) in [6.45, 7) is 7.76. The minimum atomic E-state index is -3.53. The molecule has 3 amide bonds. The van der Waals surface area contributed by atoms with E-state index in [0.717, 1.165) is 6.26 Å². The third-order valence-electron chi connectivity index (χ3n) is 5.18. The molecule has 0 fully saturated rings. The van der Waals surface area contributed by atoms with Crippen LogP contribution in [0.2, 0.25) is 0 Å². The number of aliphatic hydroxyl groups excluding tert-OH is 1. The second-order valence-corrected chi connectivity index (χ2v) is 10.4. The van der Waals surface area contributed by atoms with Crippen molar-refractivity contribution in [1.82, 2.24) is 15.1 Å². The maximum absolute atomic E-state index is 13.3. The first kappa shape index (κ1) is 25.7. The smallest absolute Gasteiger partial charge is 0.317 e. The summed E-state index contributed by atoms with van der Waals surface area (Å²) in [4.78, 5) is 28.8. The van der Waals surface area contributed by atoms with Crippen molar-refractivity contribution in [3.05, 3.63) is 23.8 Å². The predicted molar refractivity (Wildman–Crippen MR) is 122 cm³/mol. The quantitative estimate of drug-likeness (QED) is 0.552. The number of urea groups is 1. The van der Waals surface area contributed by atoms with Crippen molar-refractivity contribution >= 4 is 27.6 Å². The zero-order valence-electron chi connectivity index (χ0n) is 19.5. The fraction of sp³-hybridized carbons (Fsp3) is 0.619. The molecule has 0 aliphatic carbocycles. The van der Waals surface area contributed by atoms with Crippen LogP contribution in [0.3, 0.4) is 0 Å². The fourth-order valence-corrected chi connectivity index (χ4v) is 3.98. The van der Waals surface area contributed by atoms with Gasteiger partial charge in [-0.3, -0.25) is 9.52 Å². The Hall–Kier alpha value is -2.53. The lowest BCUT2D eigenvalue weighted by Gasteiger charge is -2.38. The summed E-state index contributed by atoms with van der Waals surface area (Å²) in [5, 5.41) is 12.5. The number of likely N-dealkylation sites (N-methyl/N-ethyl adjacent to an activating group) is 1. The van der Waals surface area contributed by atoms with Crippen LogP contribution in [0.25, 0.3) is 0 Å². The highest BCUT2D eigenvalue weighted by molar-refractivity contribution is 7.92. The van der Waals surface area contributed by atoms with Gasteiger partial charge in [-0.05, 0) is 39.0 Å². The molecule has 1 heterocycles. The Labute approximate surface area is 190 Å². The normalized spacial score (nSPS) is 20.0. The van der Waals surface area contributed by atoms with Crippen LogP contribution in [0.15, 0.2) is 18.2 Å². The van der Waals surface area contributed by atoms with Crippen molar-refractivity contribution in [1.29, 1.82) is 0 Å². The first-order chi connectivity index (χ1) is 14.8. The van der Waals surface area contributed by atoms with Crippen LogP contribution < -0.4 is 14.8 Å². The molecule has 10 nitrogen and oxygen atoms in total. The van der Waals surface area contributed by atoms with Crippen molar-refractivity contribution < 1.29 is 27.9 Å². The van der Waals surface area contributed by atoms with E-state index < -0.39 is 22.2 Å². The molecule has 0 spiro atoms. The van der Waals surface area contributed by atoms with Crippen molar-refractivity contribution in [3.8, 4) is 5.75 Å². The molecule has 32 heavy (non-hydrogen) atoms. The molecule has 1 aliphatic heterocycles. The number of hydrogen-bond acceptors (Lipinski definition) is 6. The maximum Gasteiger partial charge on any atom is 0.317 e. The van der Waals surface area contributed by atoms with Crippen LogP contribution in [-0.2, 0) is 10.0 Å². The summed E-state index contributed by atoms with van der Waals surface area (Å²) in [5.41, 5.74) is 0.420. The second kappa shape index (κ2) is 10.4. The molecule has 2 rings (SSSR count). The van der Waals surface area contributed by atoms with Gasteiger partial charge in [0, 0.05) is 31.2 Å². The summed E-state index contributed by atoms with van der Waals surface area (Å²) in [6, 6.07) is 3.79. The molecule has 11 heteroatoms. The SMILES string of the molecule is CC(C)NC(=O)N(C)C[C@H]1Oc2ccc(NS(C)(=O)=O)cc2C(=O)N([C@H](C)CO)C[C@H]1C. The Kier molecular flexibility index (Phi) is 8.35. The van der Waals surface area contributed by atoms with Gasteiger partial charge in [0.15, 0.2) is 0 Å². The molecule has 3 atom stereocenters. The number of hydrogen-bond donors (Lipinski definition) is 3. The third kappa shape index (κ3) is 6.73. The number of rotatable bonds is 7. The average molecular weight is 471 g/mol. The lowest BCUT2D eigenvalue weighted by molar-refractivity contribution is 0.0366. The standard InChI is InChI=1S/C21H34N4O6S/c1-13(2)22-21(28)24(5)11-19-14(3)10-25(15(4)12-26)20(27)17-9-16(23-32(6,29)30)7-8-18(17)31-19/h7-9,13-15,19,23,26H,10-12H2,1-6H3,(H,22,28)/t14-,15-,19-/m1/s1. The lowest BCUT2D eigenvalue weighted by Crippen LogP contribution is -2.51. The number of sulfonamides is 1. The molecule has 0 saturated heterocycles. The Bertz CT molecular complexity index is 936. The van der Waals surface area contributed by atoms with E-state index in [0.29, 0.717) is 12.3 Å². The number of amides is 3. The summed E-state index contributed by atoms with van der Waals surface area (Å²) in [5.74, 6) is -0.225. The van der Waals surface area contributed by atoms with Crippen LogP contribution in [0.5, 0.6) is 5.75 Å². The van der Waals surface area contributed by atoms with Crippen molar-refractivity contribution in [2.75, 3.05) is 37.7 Å². The topological polar surface area (TPSA) is 128 Å². The Balaban J connectivity index is 2.43. The minimum Gasteiger partial charge on any atom is -0.487 e. The second-order valence-electron chi connectivity index (χ2n) is 8.69. The van der Waals surface area contributed by atoms with Gasteiger partial charge in [-0.1, -0.05) is 6.92 Å². The zero-order chi connectivity index (χ0) is 24.2. The van der Waals surface area contributed by atoms with E-state index in [1.54, 1.807) is 24.9 Å². The zero-order valence-corrected chi connectivity index (χ0v) is 20.3. The summed E-state index contributed by atoms with van der Waals surface area (Å²) < 4.78 is 31.8. The number of anilines is 1. The lowest BCUT2D eigenvalue weighted by atomic mass is 9.99. The summed E-state index contributed by atoms with van der Waals surface area (Å²) >= 11 is 0. The van der Waals surface area contributed by atoms with Gasteiger partial charge < -0.3 is 25.0 Å². The first-order valence-corrected chi connectivity index (χ1v) is 12.4. The highest BCUT2D eigenvalue weighted by Gasteiger charge is 2.34. The van der Waals surface area contributed by atoms with E-state index in [9.17, 15) is 23.1 Å². The Morgan fingerprint density at radius 2 is 2.00 bits per heavy atom. The molecular weight excluding hydrogens is 436 g/mol. The van der Waals surface area contributed by atoms with E-state index in [4.69, 9.17) is 4.74 Å². The number of carbonyl (C=O) groups excluding carboxylic acids is 2. The number of benzene rings is 1. The van der Waals surface area contributed by atoms with Crippen molar-refractivity contribution in [2.24, 2.45) is 5.92 Å². The van der Waals surface area contributed by atoms with Gasteiger partial charge in [0.25, 0.3) is 5.91 Å². The largest absolute Gasteiger partial charge is 0.487 e. The molecule has 0 bridgehead atoms. The number of nitrogens with one attached hydrogen (secondary N) is 2. The van der Waals surface area contributed by atoms with Crippen LogP contribution in [0.1, 0.15) is 38.1 Å². The third-order valence-corrected chi connectivity index (χ3v) is 5.79. The van der Waals surface area contributed by atoms with E-state index in [1.807, 2.05) is 20.8 Å². The maximum atomic E-state index is 13.3. The molecule has 1 aromatic rings. The highest BCUT2D eigenvalue weighted by Crippen LogP contribution is 2.30. The van der Waals surface area contributed by atoms with Gasteiger partial charge in [0.2, 0.25) is 10.0 Å². The molecule has 3 N–H and O–H groups in total. The number of aliphatic hydroxyl groups is 1. The molecular formula is C21H34N4O6S. The molecule has 0 aromatic heterocycles. The molecule has 0 unspecified atom stereocenters. The van der Waals surface area contributed by atoms with Gasteiger partial charge >= 0.3 is 6.03 Å². The highest BCUT2D eigenvalue weighted by atomic mass is 32.2. The summed E-state index contributed by atoms with van der Waals surface area (Å²) in [6.07, 6.45) is 0.588. The fourth-order valence-electron chi connectivity index (χ4n) is 3.43. The average Bonchev–Trinajstić information content (AvgIpc) is 2.68. The molecule has 0 saturated carbocycles. The van der Waals surface area contributed by atoms with E-state index >= 15 is 0 Å². The van der Waals surface area contributed by atoms with Gasteiger partial charge in [-0.15, -0.1) is 0 Å². The van der Waals surface area contributed by atoms with Crippen LogP contribution in [-0.4, -0.2) is 86.4 Å². The minimum absolute atomic E-state index is 0.0133. The van der Waals surface area contributed by atoms with Crippen LogP contribution >= 0.6 is 0 Å². The van der Waals surface area contributed by atoms with E-state index in [2.05, 4.69) is 10.0 Å². The number of nitrogens with zero attached hydrogens (tertiary/aromatic N) is 2. The summed E-state index contributed by atoms with van der Waals surface area (Å²) in [7, 11) is -1.86. The van der Waals surface area contributed by atoms with Crippen LogP contribution in [0.4, 0.5) is 10.5 Å². The van der Waals surface area contributed by atoms with Gasteiger partial charge in [0.1, 0.15) is 11.9 Å². The number of carbonyl (C=O) groups is 2. The van der Waals surface area contributed by atoms with Crippen LogP contribution in [0, 0.1) is 5.92 Å². The molecule has 1 aliphatic rings. The van der Waals surface area contributed by atoms with Gasteiger partial charge in [-0.2, -0.15) is 0 Å². The molecule has 180 valence electrons. The predicted octanol–water partition coefficient (Wildman–Crippen LogP) is 1.33.